The van der Waals surface area contributed by atoms with Crippen LogP contribution in [0.4, 0.5) is 0 Å². The van der Waals surface area contributed by atoms with Crippen LogP contribution in [-0.4, -0.2) is 71.5 Å². The number of ether oxygens (including phenoxy) is 2. The molecule has 0 saturated carbocycles. The van der Waals surface area contributed by atoms with Crippen LogP contribution in [0.1, 0.15) is 58.5 Å². The summed E-state index contributed by atoms with van der Waals surface area (Å²) in [6, 6.07) is 15.5. The summed E-state index contributed by atoms with van der Waals surface area (Å²) in [7, 11) is 1.62. The summed E-state index contributed by atoms with van der Waals surface area (Å²) in [5.41, 5.74) is 2.14. The molecule has 8 heteroatoms. The van der Waals surface area contributed by atoms with E-state index in [9.17, 15) is 9.59 Å². The average molecular weight is 529 g/mol. The summed E-state index contributed by atoms with van der Waals surface area (Å²) in [5, 5.41) is 0. The van der Waals surface area contributed by atoms with Crippen molar-refractivity contribution in [2.75, 3.05) is 39.9 Å². The van der Waals surface area contributed by atoms with Crippen LogP contribution in [0.3, 0.4) is 0 Å². The quantitative estimate of drug-likeness (QED) is 0.492. The van der Waals surface area contributed by atoms with E-state index in [1.165, 1.54) is 11.8 Å². The number of fused-ring (bicyclic) bond motifs is 1. The van der Waals surface area contributed by atoms with Crippen molar-refractivity contribution in [2.45, 2.75) is 38.5 Å². The van der Waals surface area contributed by atoms with E-state index < -0.39 is 0 Å². The number of aromatic nitrogens is 2. The zero-order valence-corrected chi connectivity index (χ0v) is 22.6. The fraction of sp³-hybridized carbons (Fsp3) is 0.419. The second-order valence-electron chi connectivity index (χ2n) is 10.5. The molecule has 204 valence electrons. The van der Waals surface area contributed by atoms with Gasteiger partial charge >= 0.3 is 0 Å². The van der Waals surface area contributed by atoms with Crippen molar-refractivity contribution in [1.29, 1.82) is 0 Å². The van der Waals surface area contributed by atoms with Crippen LogP contribution in [-0.2, 0) is 6.42 Å². The lowest BCUT2D eigenvalue weighted by Gasteiger charge is -2.45. The number of likely N-dealkylation sites (tertiary alicyclic amines) is 1. The van der Waals surface area contributed by atoms with Gasteiger partial charge in [0.25, 0.3) is 11.8 Å². The van der Waals surface area contributed by atoms with Crippen LogP contribution in [0.25, 0.3) is 0 Å². The molecule has 0 aliphatic carbocycles. The van der Waals surface area contributed by atoms with Crippen LogP contribution in [0.5, 0.6) is 11.5 Å². The Morgan fingerprint density at radius 1 is 0.897 bits per heavy atom. The highest BCUT2D eigenvalue weighted by Crippen LogP contribution is 2.39. The van der Waals surface area contributed by atoms with Crippen molar-refractivity contribution in [2.24, 2.45) is 5.41 Å². The third-order valence-electron chi connectivity index (χ3n) is 8.04. The molecular formula is C31H36N4O4. The molecule has 1 saturated heterocycles. The summed E-state index contributed by atoms with van der Waals surface area (Å²) < 4.78 is 11.4. The van der Waals surface area contributed by atoms with Gasteiger partial charge in [0.05, 0.1) is 19.9 Å². The van der Waals surface area contributed by atoms with E-state index in [-0.39, 0.29) is 17.2 Å². The fourth-order valence-electron chi connectivity index (χ4n) is 5.75. The Labute approximate surface area is 230 Å². The van der Waals surface area contributed by atoms with Gasteiger partial charge in [-0.2, -0.15) is 0 Å². The van der Waals surface area contributed by atoms with Gasteiger partial charge in [0.2, 0.25) is 0 Å². The smallest absolute Gasteiger partial charge is 0.274 e. The minimum Gasteiger partial charge on any atom is -0.497 e. The predicted octanol–water partition coefficient (Wildman–Crippen LogP) is 4.66. The Hall–Kier alpha value is -3.94. The van der Waals surface area contributed by atoms with Gasteiger partial charge in [0.15, 0.2) is 0 Å². The minimum absolute atomic E-state index is 0.0400. The molecule has 0 radical (unpaired) electrons. The number of carbonyl (C=O) groups is 2. The van der Waals surface area contributed by atoms with Crippen LogP contribution in [0.15, 0.2) is 67.1 Å². The molecule has 2 aromatic carbocycles. The third-order valence-corrected chi connectivity index (χ3v) is 8.04. The molecular weight excluding hydrogens is 492 g/mol. The number of methoxy groups -OCH3 is 1. The van der Waals surface area contributed by atoms with Crippen molar-refractivity contribution in [1.82, 2.24) is 19.8 Å². The van der Waals surface area contributed by atoms with E-state index in [2.05, 4.69) is 22.1 Å². The SMILES string of the molecule is COc1ccc(C(=O)N2CCC3(CCCCc4ccccc4OCCN(C(=O)c4cnccn4)C3)CC2)cc1. The van der Waals surface area contributed by atoms with E-state index in [1.54, 1.807) is 19.5 Å². The number of amides is 2. The molecule has 0 bridgehead atoms. The van der Waals surface area contributed by atoms with Gasteiger partial charge in [-0.3, -0.25) is 14.6 Å². The number of hydrogen-bond donors (Lipinski definition) is 0. The van der Waals surface area contributed by atoms with E-state index in [0.29, 0.717) is 44.0 Å². The summed E-state index contributed by atoms with van der Waals surface area (Å²) in [6.45, 7) is 2.80. The van der Waals surface area contributed by atoms with E-state index >= 15 is 0 Å². The first-order chi connectivity index (χ1) is 19.1. The lowest BCUT2D eigenvalue weighted by atomic mass is 9.73. The number of benzene rings is 2. The zero-order chi connectivity index (χ0) is 27.1. The topological polar surface area (TPSA) is 84.9 Å². The molecule has 1 aromatic heterocycles. The van der Waals surface area contributed by atoms with Crippen LogP contribution in [0.2, 0.25) is 0 Å². The molecule has 39 heavy (non-hydrogen) atoms. The van der Waals surface area contributed by atoms with Crippen LogP contribution < -0.4 is 9.47 Å². The van der Waals surface area contributed by atoms with Gasteiger partial charge in [-0.1, -0.05) is 24.6 Å². The summed E-state index contributed by atoms with van der Waals surface area (Å²) in [5.74, 6) is 1.54. The lowest BCUT2D eigenvalue weighted by molar-refractivity contribution is 0.0325. The second kappa shape index (κ2) is 12.3. The van der Waals surface area contributed by atoms with E-state index in [1.807, 2.05) is 46.2 Å². The van der Waals surface area contributed by atoms with Gasteiger partial charge in [0, 0.05) is 37.6 Å². The summed E-state index contributed by atoms with van der Waals surface area (Å²) >= 11 is 0. The van der Waals surface area contributed by atoms with Crippen LogP contribution >= 0.6 is 0 Å². The Morgan fingerprint density at radius 3 is 2.44 bits per heavy atom. The largest absolute Gasteiger partial charge is 0.497 e. The predicted molar refractivity (Wildman–Crippen MR) is 148 cm³/mol. The highest BCUT2D eigenvalue weighted by Gasteiger charge is 2.38. The lowest BCUT2D eigenvalue weighted by Crippen LogP contribution is -2.50. The molecule has 0 unspecified atom stereocenters. The van der Waals surface area contributed by atoms with Gasteiger partial charge < -0.3 is 19.3 Å². The molecule has 0 atom stereocenters. The number of para-hydroxylation sites is 1. The first-order valence-corrected chi connectivity index (χ1v) is 13.8. The van der Waals surface area contributed by atoms with Gasteiger partial charge in [-0.15, -0.1) is 0 Å². The minimum atomic E-state index is -0.131. The number of rotatable bonds is 3. The normalized spacial score (nSPS) is 17.8. The number of carbonyl (C=O) groups excluding carboxylic acids is 2. The molecule has 3 heterocycles. The van der Waals surface area contributed by atoms with Crippen molar-refractivity contribution < 1.29 is 19.1 Å². The molecule has 2 aliphatic heterocycles. The van der Waals surface area contributed by atoms with Gasteiger partial charge in [-0.25, -0.2) is 4.98 Å². The molecule has 2 aliphatic rings. The Morgan fingerprint density at radius 2 is 1.69 bits per heavy atom. The third kappa shape index (κ3) is 6.38. The van der Waals surface area contributed by atoms with Gasteiger partial charge in [-0.05, 0) is 73.4 Å². The first-order valence-electron chi connectivity index (χ1n) is 13.8. The average Bonchev–Trinajstić information content (AvgIpc) is 2.99. The van der Waals surface area contributed by atoms with Crippen LogP contribution in [0, 0.1) is 5.41 Å². The maximum Gasteiger partial charge on any atom is 0.274 e. The number of aryl methyl sites for hydroxylation is 1. The number of nitrogens with zero attached hydrogens (tertiary/aromatic N) is 4. The first kappa shape index (κ1) is 26.7. The standard InChI is InChI=1S/C31H36N4O4/c1-38-26-11-9-25(10-12-26)29(36)34-18-14-31(15-19-34)13-5-4-7-24-6-2-3-8-28(24)39-21-20-35(23-31)30(37)27-22-32-16-17-33-27/h2-3,6,8-12,16-17,22H,4-5,7,13-15,18-21,23H2,1H3. The zero-order valence-electron chi connectivity index (χ0n) is 22.6. The van der Waals surface area contributed by atoms with E-state index in [0.717, 1.165) is 50.0 Å². The molecule has 1 spiro atoms. The molecule has 2 amide bonds. The fourth-order valence-corrected chi connectivity index (χ4v) is 5.75. The number of piperidine rings is 1. The van der Waals surface area contributed by atoms with Crippen molar-refractivity contribution >= 4 is 11.8 Å². The van der Waals surface area contributed by atoms with Crippen molar-refractivity contribution in [3.05, 3.63) is 83.9 Å². The molecule has 1 fully saturated rings. The van der Waals surface area contributed by atoms with Crippen molar-refractivity contribution in [3.63, 3.8) is 0 Å². The molecule has 8 nitrogen and oxygen atoms in total. The molecule has 5 rings (SSSR count). The van der Waals surface area contributed by atoms with Gasteiger partial charge in [0.1, 0.15) is 23.8 Å². The number of hydrogen-bond acceptors (Lipinski definition) is 6. The van der Waals surface area contributed by atoms with E-state index in [4.69, 9.17) is 9.47 Å². The van der Waals surface area contributed by atoms with Crippen molar-refractivity contribution in [3.8, 4) is 11.5 Å². The monoisotopic (exact) mass is 528 g/mol. The maximum atomic E-state index is 13.6. The molecule has 3 aromatic rings. The Bertz CT molecular complexity index is 1260. The Balaban J connectivity index is 1.34. The highest BCUT2D eigenvalue weighted by atomic mass is 16.5. The Kier molecular flexibility index (Phi) is 8.39. The second-order valence-corrected chi connectivity index (χ2v) is 10.5. The summed E-state index contributed by atoms with van der Waals surface area (Å²) in [4.78, 5) is 39.0. The highest BCUT2D eigenvalue weighted by molar-refractivity contribution is 5.94. The molecule has 0 N–H and O–H groups in total. The summed E-state index contributed by atoms with van der Waals surface area (Å²) in [6.07, 6.45) is 10.4. The maximum absolute atomic E-state index is 13.6.